The van der Waals surface area contributed by atoms with Crippen molar-refractivity contribution in [1.82, 2.24) is 14.8 Å². The largest absolute Gasteiger partial charge is 0.370 e. The number of carbonyl (C=O) groups is 2. The van der Waals surface area contributed by atoms with Gasteiger partial charge in [0, 0.05) is 30.4 Å². The predicted molar refractivity (Wildman–Crippen MR) is 114 cm³/mol. The number of ether oxygens (including phenoxy) is 1. The summed E-state index contributed by atoms with van der Waals surface area (Å²) in [5.41, 5.74) is 3.58. The summed E-state index contributed by atoms with van der Waals surface area (Å²) in [6, 6.07) is 6.17. The van der Waals surface area contributed by atoms with Crippen LogP contribution in [0.4, 0.5) is 4.39 Å². The van der Waals surface area contributed by atoms with Gasteiger partial charge >= 0.3 is 0 Å². The van der Waals surface area contributed by atoms with E-state index >= 15 is 0 Å². The van der Waals surface area contributed by atoms with Crippen molar-refractivity contribution in [3.63, 3.8) is 0 Å². The van der Waals surface area contributed by atoms with Crippen molar-refractivity contribution in [1.29, 1.82) is 0 Å². The zero-order valence-electron chi connectivity index (χ0n) is 17.6. The average molecular weight is 434 g/mol. The molecule has 6 nitrogen and oxygen atoms in total. The topological polar surface area (TPSA) is 62.7 Å². The van der Waals surface area contributed by atoms with E-state index in [2.05, 4.69) is 4.98 Å². The smallest absolute Gasteiger partial charge is 0.242 e. The summed E-state index contributed by atoms with van der Waals surface area (Å²) in [7, 11) is 0. The van der Waals surface area contributed by atoms with Gasteiger partial charge in [0.25, 0.3) is 0 Å². The Morgan fingerprint density at radius 1 is 1.30 bits per heavy atom. The van der Waals surface area contributed by atoms with Crippen molar-refractivity contribution >= 4 is 23.2 Å². The van der Waals surface area contributed by atoms with E-state index in [-0.39, 0.29) is 36.3 Å². The van der Waals surface area contributed by atoms with Crippen molar-refractivity contribution < 1.29 is 18.7 Å². The summed E-state index contributed by atoms with van der Waals surface area (Å²) in [5.74, 6) is -0.421. The Balaban J connectivity index is 1.66. The number of hydrogen-bond donors (Lipinski definition) is 0. The summed E-state index contributed by atoms with van der Waals surface area (Å²) in [4.78, 5) is 34.3. The Labute approximate surface area is 180 Å². The molecule has 1 aromatic heterocycles. The second-order valence-electron chi connectivity index (χ2n) is 7.83. The van der Waals surface area contributed by atoms with Gasteiger partial charge in [-0.1, -0.05) is 12.1 Å². The fraction of sp³-hybridized carbons (Fsp3) is 0.500. The van der Waals surface area contributed by atoms with Gasteiger partial charge in [0.2, 0.25) is 11.8 Å². The molecule has 1 aliphatic rings. The number of aryl methyl sites for hydroxylation is 2. The standard InChI is InChI=1S/C22H28FN3O3S/c1-15(2)26-11-19(29-13-17-4-6-18(23)7-5-17)10-25(12-22(26)28)21(27)9-8-20-16(3)24-14-30-20/h4-7,14-15,19H,8-13H2,1-3H3/t19-/m0/s1. The molecule has 1 fully saturated rings. The molecular weight excluding hydrogens is 405 g/mol. The zero-order valence-corrected chi connectivity index (χ0v) is 18.5. The minimum atomic E-state index is -0.307. The molecule has 8 heteroatoms. The number of aromatic nitrogens is 1. The highest BCUT2D eigenvalue weighted by Gasteiger charge is 2.32. The van der Waals surface area contributed by atoms with Crippen LogP contribution in [0.15, 0.2) is 29.8 Å². The maximum Gasteiger partial charge on any atom is 0.242 e. The number of thiazole rings is 1. The molecule has 2 amide bonds. The van der Waals surface area contributed by atoms with Gasteiger partial charge in [-0.3, -0.25) is 9.59 Å². The highest BCUT2D eigenvalue weighted by Crippen LogP contribution is 2.18. The summed E-state index contributed by atoms with van der Waals surface area (Å²) >= 11 is 1.55. The summed E-state index contributed by atoms with van der Waals surface area (Å²) < 4.78 is 19.2. The van der Waals surface area contributed by atoms with E-state index < -0.39 is 0 Å². The zero-order chi connectivity index (χ0) is 21.7. The molecule has 2 aromatic rings. The van der Waals surface area contributed by atoms with Crippen LogP contribution in [0.2, 0.25) is 0 Å². The molecule has 1 atom stereocenters. The molecule has 1 saturated heterocycles. The molecule has 0 radical (unpaired) electrons. The summed E-state index contributed by atoms with van der Waals surface area (Å²) in [6.45, 7) is 7.00. The van der Waals surface area contributed by atoms with E-state index in [0.29, 0.717) is 32.5 Å². The van der Waals surface area contributed by atoms with E-state index in [4.69, 9.17) is 4.74 Å². The second-order valence-corrected chi connectivity index (χ2v) is 8.77. The highest BCUT2D eigenvalue weighted by molar-refractivity contribution is 7.09. The van der Waals surface area contributed by atoms with Gasteiger partial charge < -0.3 is 14.5 Å². The van der Waals surface area contributed by atoms with E-state index in [0.717, 1.165) is 16.1 Å². The van der Waals surface area contributed by atoms with Crippen molar-refractivity contribution in [2.45, 2.75) is 52.4 Å². The number of halogens is 1. The molecule has 2 heterocycles. The summed E-state index contributed by atoms with van der Waals surface area (Å²) in [6.07, 6.45) is 0.649. The van der Waals surface area contributed by atoms with Crippen LogP contribution in [-0.4, -0.2) is 58.4 Å². The lowest BCUT2D eigenvalue weighted by Gasteiger charge is -2.27. The SMILES string of the molecule is Cc1ncsc1CCC(=O)N1CC(=O)N(C(C)C)C[C@@H](OCc2ccc(F)cc2)C1. The number of hydrogen-bond acceptors (Lipinski definition) is 5. The molecule has 0 unspecified atom stereocenters. The van der Waals surface area contributed by atoms with Gasteiger partial charge in [-0.05, 0) is 44.9 Å². The van der Waals surface area contributed by atoms with Gasteiger partial charge in [-0.25, -0.2) is 9.37 Å². The molecule has 0 bridgehead atoms. The molecule has 0 saturated carbocycles. The Morgan fingerprint density at radius 2 is 2.03 bits per heavy atom. The number of amides is 2. The van der Waals surface area contributed by atoms with Crippen LogP contribution >= 0.6 is 11.3 Å². The number of rotatable bonds is 7. The third-order valence-corrected chi connectivity index (χ3v) is 6.25. The van der Waals surface area contributed by atoms with Gasteiger partial charge in [-0.15, -0.1) is 11.3 Å². The molecule has 0 N–H and O–H groups in total. The minimum Gasteiger partial charge on any atom is -0.370 e. The van der Waals surface area contributed by atoms with E-state index in [1.165, 1.54) is 12.1 Å². The first kappa shape index (κ1) is 22.4. The van der Waals surface area contributed by atoms with Gasteiger partial charge in [-0.2, -0.15) is 0 Å². The lowest BCUT2D eigenvalue weighted by molar-refractivity contribution is -0.139. The lowest BCUT2D eigenvalue weighted by Crippen LogP contribution is -2.42. The van der Waals surface area contributed by atoms with Crippen LogP contribution in [0.5, 0.6) is 0 Å². The predicted octanol–water partition coefficient (Wildman–Crippen LogP) is 3.19. The molecule has 1 aromatic carbocycles. The third kappa shape index (κ3) is 5.86. The Morgan fingerprint density at radius 3 is 2.67 bits per heavy atom. The highest BCUT2D eigenvalue weighted by atomic mass is 32.1. The van der Waals surface area contributed by atoms with Crippen LogP contribution in [0, 0.1) is 12.7 Å². The first-order valence-corrected chi connectivity index (χ1v) is 11.0. The molecule has 0 spiro atoms. The fourth-order valence-electron chi connectivity index (χ4n) is 3.48. The Hall–Kier alpha value is -2.32. The van der Waals surface area contributed by atoms with Gasteiger partial charge in [0.05, 0.1) is 30.5 Å². The number of carbonyl (C=O) groups excluding carboxylic acids is 2. The molecule has 30 heavy (non-hydrogen) atoms. The van der Waals surface area contributed by atoms with Crippen LogP contribution in [-0.2, 0) is 27.4 Å². The lowest BCUT2D eigenvalue weighted by atomic mass is 10.2. The Kier molecular flexibility index (Phi) is 7.55. The number of benzene rings is 1. The number of nitrogens with zero attached hydrogens (tertiary/aromatic N) is 3. The van der Waals surface area contributed by atoms with E-state index in [1.54, 1.807) is 38.8 Å². The Bertz CT molecular complexity index is 869. The van der Waals surface area contributed by atoms with Gasteiger partial charge in [0.15, 0.2) is 0 Å². The normalized spacial score (nSPS) is 17.5. The second kappa shape index (κ2) is 10.1. The quantitative estimate of drug-likeness (QED) is 0.673. The van der Waals surface area contributed by atoms with E-state index in [9.17, 15) is 14.0 Å². The molecular formula is C22H28FN3O3S. The maximum atomic E-state index is 13.1. The first-order valence-electron chi connectivity index (χ1n) is 10.2. The van der Waals surface area contributed by atoms with Crippen LogP contribution < -0.4 is 0 Å². The van der Waals surface area contributed by atoms with Gasteiger partial charge in [0.1, 0.15) is 5.82 Å². The first-order chi connectivity index (χ1) is 14.3. The van der Waals surface area contributed by atoms with Crippen molar-refractivity contribution in [2.24, 2.45) is 0 Å². The fourth-order valence-corrected chi connectivity index (χ4v) is 4.26. The monoisotopic (exact) mass is 433 g/mol. The summed E-state index contributed by atoms with van der Waals surface area (Å²) in [5, 5.41) is 0. The molecule has 0 aliphatic carbocycles. The van der Waals surface area contributed by atoms with Crippen LogP contribution in [0.1, 0.15) is 36.4 Å². The maximum absolute atomic E-state index is 13.1. The van der Waals surface area contributed by atoms with Crippen molar-refractivity contribution in [3.8, 4) is 0 Å². The minimum absolute atomic E-state index is 0.0179. The van der Waals surface area contributed by atoms with Crippen molar-refractivity contribution in [3.05, 3.63) is 51.7 Å². The van der Waals surface area contributed by atoms with Crippen LogP contribution in [0.3, 0.4) is 0 Å². The average Bonchev–Trinajstić information content (AvgIpc) is 3.04. The molecule has 1 aliphatic heterocycles. The third-order valence-electron chi connectivity index (χ3n) is 5.26. The van der Waals surface area contributed by atoms with E-state index in [1.807, 2.05) is 20.8 Å². The molecule has 3 rings (SSSR count). The molecule has 162 valence electrons. The van der Waals surface area contributed by atoms with Crippen molar-refractivity contribution in [2.75, 3.05) is 19.6 Å². The van der Waals surface area contributed by atoms with Crippen LogP contribution in [0.25, 0.3) is 0 Å².